The van der Waals surface area contributed by atoms with Gasteiger partial charge >= 0.3 is 0 Å². The lowest BCUT2D eigenvalue weighted by Gasteiger charge is -2.11. The molecule has 0 aliphatic rings. The van der Waals surface area contributed by atoms with Crippen molar-refractivity contribution >= 4 is 37.3 Å². The highest BCUT2D eigenvalue weighted by atomic mass is 79.9. The second kappa shape index (κ2) is 5.37. The second-order valence-corrected chi connectivity index (χ2v) is 6.53. The van der Waals surface area contributed by atoms with E-state index in [-0.39, 0.29) is 11.4 Å². The number of benzene rings is 1. The van der Waals surface area contributed by atoms with Crippen molar-refractivity contribution in [3.63, 3.8) is 0 Å². The van der Waals surface area contributed by atoms with Gasteiger partial charge < -0.3 is 5.73 Å². The van der Waals surface area contributed by atoms with E-state index in [0.717, 1.165) is 12.1 Å². The van der Waals surface area contributed by atoms with Crippen molar-refractivity contribution < 1.29 is 12.8 Å². The second-order valence-electron chi connectivity index (χ2n) is 4.06. The fourth-order valence-electron chi connectivity index (χ4n) is 1.57. The zero-order valence-corrected chi connectivity index (χ0v) is 12.8. The van der Waals surface area contributed by atoms with Gasteiger partial charge in [0.1, 0.15) is 15.3 Å². The molecule has 2 aromatic rings. The largest absolute Gasteiger partial charge is 0.399 e. The average Bonchev–Trinajstić information content (AvgIpc) is 2.32. The van der Waals surface area contributed by atoms with Crippen molar-refractivity contribution in [3.8, 4) is 0 Å². The van der Waals surface area contributed by atoms with Crippen molar-refractivity contribution in [3.05, 3.63) is 46.4 Å². The van der Waals surface area contributed by atoms with Gasteiger partial charge in [-0.3, -0.25) is 4.72 Å². The molecule has 0 aliphatic heterocycles. The molecule has 0 saturated carbocycles. The van der Waals surface area contributed by atoms with E-state index >= 15 is 0 Å². The Morgan fingerprint density at radius 1 is 1.30 bits per heavy atom. The molecule has 20 heavy (non-hydrogen) atoms. The van der Waals surface area contributed by atoms with Crippen LogP contribution >= 0.6 is 15.9 Å². The molecule has 0 amide bonds. The summed E-state index contributed by atoms with van der Waals surface area (Å²) >= 11 is 3.18. The highest BCUT2D eigenvalue weighted by molar-refractivity contribution is 9.10. The lowest BCUT2D eigenvalue weighted by molar-refractivity contribution is 0.571. The molecule has 2 rings (SSSR count). The van der Waals surface area contributed by atoms with Crippen LogP contribution in [0.4, 0.5) is 15.8 Å². The molecule has 106 valence electrons. The lowest BCUT2D eigenvalue weighted by Crippen LogP contribution is -2.15. The number of rotatable bonds is 3. The third-order valence-electron chi connectivity index (χ3n) is 2.54. The van der Waals surface area contributed by atoms with Crippen LogP contribution < -0.4 is 10.5 Å². The minimum atomic E-state index is -4.03. The van der Waals surface area contributed by atoms with Crippen molar-refractivity contribution in [1.29, 1.82) is 0 Å². The van der Waals surface area contributed by atoms with Crippen LogP contribution in [0.3, 0.4) is 0 Å². The zero-order chi connectivity index (χ0) is 14.9. The van der Waals surface area contributed by atoms with Gasteiger partial charge in [-0.15, -0.1) is 0 Å². The third-order valence-corrected chi connectivity index (χ3v) is 4.38. The van der Waals surface area contributed by atoms with Gasteiger partial charge in [0, 0.05) is 5.69 Å². The van der Waals surface area contributed by atoms with Crippen molar-refractivity contribution in [1.82, 2.24) is 4.98 Å². The normalized spacial score (nSPS) is 11.3. The van der Waals surface area contributed by atoms with Gasteiger partial charge in [-0.05, 0) is 53.2 Å². The van der Waals surface area contributed by atoms with Gasteiger partial charge in [0.15, 0.2) is 0 Å². The predicted octanol–water partition coefficient (Wildman–Crippen LogP) is 2.67. The quantitative estimate of drug-likeness (QED) is 0.651. The number of sulfonamides is 1. The van der Waals surface area contributed by atoms with E-state index in [9.17, 15) is 12.8 Å². The summed E-state index contributed by atoms with van der Waals surface area (Å²) in [4.78, 5) is 3.60. The SMILES string of the molecule is Cc1nc(Br)ccc1NS(=O)(=O)c1ccc(N)cc1F. The van der Waals surface area contributed by atoms with Gasteiger partial charge in [-0.1, -0.05) is 0 Å². The van der Waals surface area contributed by atoms with Crippen LogP contribution in [-0.2, 0) is 10.0 Å². The summed E-state index contributed by atoms with van der Waals surface area (Å²) < 4.78 is 40.8. The first kappa shape index (κ1) is 14.7. The molecule has 0 bridgehead atoms. The molecule has 0 fully saturated rings. The Kier molecular flexibility index (Phi) is 3.96. The van der Waals surface area contributed by atoms with Gasteiger partial charge in [0.25, 0.3) is 10.0 Å². The molecule has 0 radical (unpaired) electrons. The molecule has 0 aliphatic carbocycles. The number of nitrogen functional groups attached to an aromatic ring is 1. The Morgan fingerprint density at radius 3 is 2.60 bits per heavy atom. The topological polar surface area (TPSA) is 85.1 Å². The molecule has 3 N–H and O–H groups in total. The third kappa shape index (κ3) is 3.07. The van der Waals surface area contributed by atoms with E-state index in [1.165, 1.54) is 6.07 Å². The van der Waals surface area contributed by atoms with Crippen LogP contribution in [0.2, 0.25) is 0 Å². The van der Waals surface area contributed by atoms with Crippen molar-refractivity contribution in [2.24, 2.45) is 0 Å². The molecule has 0 spiro atoms. The number of aromatic nitrogens is 1. The van der Waals surface area contributed by atoms with E-state index < -0.39 is 20.7 Å². The molecule has 1 aromatic carbocycles. The minimum absolute atomic E-state index is 0.155. The summed E-state index contributed by atoms with van der Waals surface area (Å²) in [5.41, 5.74) is 6.30. The smallest absolute Gasteiger partial charge is 0.264 e. The molecule has 0 saturated heterocycles. The highest BCUT2D eigenvalue weighted by Crippen LogP contribution is 2.23. The first-order chi connectivity index (χ1) is 9.29. The number of nitrogens with two attached hydrogens (primary N) is 1. The lowest BCUT2D eigenvalue weighted by atomic mass is 10.3. The van der Waals surface area contributed by atoms with Crippen LogP contribution in [0, 0.1) is 12.7 Å². The fraction of sp³-hybridized carbons (Fsp3) is 0.0833. The van der Waals surface area contributed by atoms with E-state index in [1.807, 2.05) is 0 Å². The van der Waals surface area contributed by atoms with Crippen molar-refractivity contribution in [2.75, 3.05) is 10.5 Å². The summed E-state index contributed by atoms with van der Waals surface area (Å²) in [5, 5.41) is 0. The summed E-state index contributed by atoms with van der Waals surface area (Å²) in [6, 6.07) is 6.53. The van der Waals surface area contributed by atoms with Crippen LogP contribution in [-0.4, -0.2) is 13.4 Å². The number of pyridine rings is 1. The maximum atomic E-state index is 13.7. The summed E-state index contributed by atoms with van der Waals surface area (Å²) in [5.74, 6) is -0.903. The minimum Gasteiger partial charge on any atom is -0.399 e. The standard InChI is InChI=1S/C12H11BrFN3O2S/c1-7-10(3-5-12(13)16-7)17-20(18,19)11-4-2-8(15)6-9(11)14/h2-6,17H,15H2,1H3. The molecule has 8 heteroatoms. The molecule has 1 aromatic heterocycles. The maximum Gasteiger partial charge on any atom is 0.264 e. The molecule has 1 heterocycles. The van der Waals surface area contributed by atoms with E-state index in [1.54, 1.807) is 19.1 Å². The Morgan fingerprint density at radius 2 is 2.00 bits per heavy atom. The fourth-order valence-corrected chi connectivity index (χ4v) is 3.15. The Balaban J connectivity index is 2.41. The molecular formula is C12H11BrFN3O2S. The molecule has 0 unspecified atom stereocenters. The Hall–Kier alpha value is -1.67. The zero-order valence-electron chi connectivity index (χ0n) is 10.4. The van der Waals surface area contributed by atoms with Crippen LogP contribution in [0.1, 0.15) is 5.69 Å². The van der Waals surface area contributed by atoms with Gasteiger partial charge in [0.05, 0.1) is 11.4 Å². The number of anilines is 2. The van der Waals surface area contributed by atoms with Gasteiger partial charge in [-0.25, -0.2) is 17.8 Å². The van der Waals surface area contributed by atoms with E-state index in [0.29, 0.717) is 10.3 Å². The van der Waals surface area contributed by atoms with Gasteiger partial charge in [0.2, 0.25) is 0 Å². The van der Waals surface area contributed by atoms with Gasteiger partial charge in [-0.2, -0.15) is 0 Å². The molecule has 0 atom stereocenters. The van der Waals surface area contributed by atoms with E-state index in [2.05, 4.69) is 25.6 Å². The Bertz CT molecular complexity index is 765. The molecule has 5 nitrogen and oxygen atoms in total. The maximum absolute atomic E-state index is 13.7. The first-order valence-electron chi connectivity index (χ1n) is 5.50. The summed E-state index contributed by atoms with van der Waals surface area (Å²) in [6.07, 6.45) is 0. The predicted molar refractivity (Wildman–Crippen MR) is 78.3 cm³/mol. The number of nitrogens with one attached hydrogen (secondary N) is 1. The monoisotopic (exact) mass is 359 g/mol. The van der Waals surface area contributed by atoms with E-state index in [4.69, 9.17) is 5.73 Å². The van der Waals surface area contributed by atoms with Crippen molar-refractivity contribution in [2.45, 2.75) is 11.8 Å². The number of hydrogen-bond donors (Lipinski definition) is 2. The number of aryl methyl sites for hydroxylation is 1. The summed E-state index contributed by atoms with van der Waals surface area (Å²) in [7, 11) is -4.03. The number of halogens is 2. The first-order valence-corrected chi connectivity index (χ1v) is 7.78. The number of hydrogen-bond acceptors (Lipinski definition) is 4. The Labute approximate surface area is 124 Å². The van der Waals surface area contributed by atoms with Crippen LogP contribution in [0.5, 0.6) is 0 Å². The van der Waals surface area contributed by atoms with Crippen LogP contribution in [0.25, 0.3) is 0 Å². The average molecular weight is 360 g/mol. The summed E-state index contributed by atoms with van der Waals surface area (Å²) in [6.45, 7) is 1.64. The highest BCUT2D eigenvalue weighted by Gasteiger charge is 2.20. The van der Waals surface area contributed by atoms with Crippen LogP contribution in [0.15, 0.2) is 39.8 Å². The molecular weight excluding hydrogens is 349 g/mol. The number of nitrogens with zero attached hydrogens (tertiary/aromatic N) is 1.